The molecule has 0 unspecified atom stereocenters. The lowest BCUT2D eigenvalue weighted by atomic mass is 10.2. The van der Waals surface area contributed by atoms with E-state index in [0.717, 1.165) is 11.0 Å². The standard InChI is InChI=1S/C22H23N7O4/c1-3-32-21-18(26-27-19-14(13-23-29(19)21)22(30)33-4-2)17-20(28-9-11-31-12-10-28)25-16-8-6-5-7-15(16)24-17/h5-8,13H,3-4,9-12H2,1-2H3. The van der Waals surface area contributed by atoms with Gasteiger partial charge in [-0.25, -0.2) is 14.8 Å². The largest absolute Gasteiger partial charge is 0.476 e. The van der Waals surface area contributed by atoms with E-state index >= 15 is 0 Å². The topological polar surface area (TPSA) is 117 Å². The van der Waals surface area contributed by atoms with Crippen LogP contribution in [0.1, 0.15) is 24.2 Å². The van der Waals surface area contributed by atoms with E-state index in [1.807, 2.05) is 31.2 Å². The number of carbonyl (C=O) groups is 1. The molecule has 3 aromatic heterocycles. The van der Waals surface area contributed by atoms with Crippen molar-refractivity contribution < 1.29 is 19.0 Å². The lowest BCUT2D eigenvalue weighted by Gasteiger charge is -2.29. The Morgan fingerprint density at radius 3 is 2.52 bits per heavy atom. The number of hydrogen-bond acceptors (Lipinski definition) is 10. The van der Waals surface area contributed by atoms with E-state index in [1.165, 1.54) is 10.7 Å². The smallest absolute Gasteiger partial charge is 0.343 e. The molecule has 1 aliphatic rings. The van der Waals surface area contributed by atoms with E-state index in [4.69, 9.17) is 24.2 Å². The van der Waals surface area contributed by atoms with E-state index < -0.39 is 5.97 Å². The molecular formula is C22H23N7O4. The molecule has 0 bridgehead atoms. The van der Waals surface area contributed by atoms with Crippen LogP contribution >= 0.6 is 0 Å². The maximum atomic E-state index is 12.3. The van der Waals surface area contributed by atoms with Gasteiger partial charge in [0.15, 0.2) is 17.2 Å². The number of carbonyl (C=O) groups excluding carboxylic acids is 1. The third-order valence-corrected chi connectivity index (χ3v) is 5.25. The van der Waals surface area contributed by atoms with E-state index in [0.29, 0.717) is 56.0 Å². The molecule has 170 valence electrons. The van der Waals surface area contributed by atoms with Gasteiger partial charge < -0.3 is 19.1 Å². The minimum Gasteiger partial charge on any atom is -0.476 e. The van der Waals surface area contributed by atoms with E-state index in [-0.39, 0.29) is 17.8 Å². The fourth-order valence-electron chi connectivity index (χ4n) is 3.74. The van der Waals surface area contributed by atoms with Gasteiger partial charge in [0.05, 0.1) is 43.7 Å². The summed E-state index contributed by atoms with van der Waals surface area (Å²) >= 11 is 0. The second kappa shape index (κ2) is 8.94. The fourth-order valence-corrected chi connectivity index (χ4v) is 3.74. The van der Waals surface area contributed by atoms with Crippen molar-refractivity contribution in [3.05, 3.63) is 36.0 Å². The van der Waals surface area contributed by atoms with Gasteiger partial charge in [-0.05, 0) is 26.0 Å². The summed E-state index contributed by atoms with van der Waals surface area (Å²) in [6.07, 6.45) is 1.41. The average molecular weight is 449 g/mol. The van der Waals surface area contributed by atoms with Crippen LogP contribution in [0.4, 0.5) is 5.82 Å². The maximum Gasteiger partial charge on any atom is 0.343 e. The van der Waals surface area contributed by atoms with Crippen LogP contribution < -0.4 is 9.64 Å². The quantitative estimate of drug-likeness (QED) is 0.405. The van der Waals surface area contributed by atoms with Crippen LogP contribution in [-0.2, 0) is 9.47 Å². The Morgan fingerprint density at radius 2 is 1.79 bits per heavy atom. The molecular weight excluding hydrogens is 426 g/mol. The Morgan fingerprint density at radius 1 is 1.03 bits per heavy atom. The number of rotatable bonds is 6. The molecule has 0 atom stereocenters. The lowest BCUT2D eigenvalue weighted by Crippen LogP contribution is -2.37. The molecule has 11 heteroatoms. The molecule has 0 N–H and O–H groups in total. The predicted molar refractivity (Wildman–Crippen MR) is 119 cm³/mol. The summed E-state index contributed by atoms with van der Waals surface area (Å²) in [7, 11) is 0. The Labute approximate surface area is 189 Å². The zero-order chi connectivity index (χ0) is 22.8. The average Bonchev–Trinajstić information content (AvgIpc) is 3.29. The minimum atomic E-state index is -0.517. The summed E-state index contributed by atoms with van der Waals surface area (Å²) in [5, 5.41) is 13.1. The molecule has 0 radical (unpaired) electrons. The Bertz CT molecular complexity index is 1320. The highest BCUT2D eigenvalue weighted by atomic mass is 16.5. The van der Waals surface area contributed by atoms with Crippen molar-refractivity contribution in [2.24, 2.45) is 0 Å². The van der Waals surface area contributed by atoms with Gasteiger partial charge in [0.25, 0.3) is 0 Å². The number of aromatic nitrogens is 6. The highest BCUT2D eigenvalue weighted by molar-refractivity contribution is 5.96. The zero-order valence-electron chi connectivity index (χ0n) is 18.4. The van der Waals surface area contributed by atoms with Crippen molar-refractivity contribution >= 4 is 28.5 Å². The second-order valence-corrected chi connectivity index (χ2v) is 7.28. The van der Waals surface area contributed by atoms with Crippen molar-refractivity contribution in [1.82, 2.24) is 29.8 Å². The van der Waals surface area contributed by atoms with Crippen molar-refractivity contribution in [3.8, 4) is 17.3 Å². The first kappa shape index (κ1) is 21.0. The summed E-state index contributed by atoms with van der Waals surface area (Å²) < 4.78 is 18.0. The number of esters is 1. The minimum absolute atomic E-state index is 0.217. The monoisotopic (exact) mass is 449 g/mol. The number of para-hydroxylation sites is 2. The molecule has 33 heavy (non-hydrogen) atoms. The molecule has 1 saturated heterocycles. The van der Waals surface area contributed by atoms with Crippen LogP contribution in [0.3, 0.4) is 0 Å². The number of benzene rings is 1. The normalized spacial score (nSPS) is 14.1. The van der Waals surface area contributed by atoms with Crippen LogP contribution in [0.25, 0.3) is 28.1 Å². The van der Waals surface area contributed by atoms with Gasteiger partial charge in [0.1, 0.15) is 11.3 Å². The first-order valence-corrected chi connectivity index (χ1v) is 10.9. The number of morpholine rings is 1. The summed E-state index contributed by atoms with van der Waals surface area (Å²) in [6.45, 7) is 6.75. The van der Waals surface area contributed by atoms with E-state index in [1.54, 1.807) is 6.92 Å². The van der Waals surface area contributed by atoms with Gasteiger partial charge in [-0.3, -0.25) is 0 Å². The van der Waals surface area contributed by atoms with Crippen LogP contribution in [0, 0.1) is 0 Å². The molecule has 4 aromatic rings. The number of anilines is 1. The lowest BCUT2D eigenvalue weighted by molar-refractivity contribution is 0.0528. The first-order valence-electron chi connectivity index (χ1n) is 10.9. The Hall–Kier alpha value is -3.86. The molecule has 0 aliphatic carbocycles. The van der Waals surface area contributed by atoms with Gasteiger partial charge in [-0.1, -0.05) is 12.1 Å². The summed E-state index contributed by atoms with van der Waals surface area (Å²) in [6, 6.07) is 7.66. The van der Waals surface area contributed by atoms with Crippen LogP contribution in [0.2, 0.25) is 0 Å². The van der Waals surface area contributed by atoms with Crippen molar-refractivity contribution in [2.75, 3.05) is 44.4 Å². The van der Waals surface area contributed by atoms with Gasteiger partial charge in [-0.2, -0.15) is 9.61 Å². The van der Waals surface area contributed by atoms with Gasteiger partial charge >= 0.3 is 5.97 Å². The van der Waals surface area contributed by atoms with Crippen LogP contribution in [-0.4, -0.2) is 75.3 Å². The van der Waals surface area contributed by atoms with Crippen molar-refractivity contribution in [2.45, 2.75) is 13.8 Å². The summed E-state index contributed by atoms with van der Waals surface area (Å²) in [5.74, 6) is 0.484. The Balaban J connectivity index is 1.73. The molecule has 4 heterocycles. The predicted octanol–water partition coefficient (Wildman–Crippen LogP) is 2.15. The number of ether oxygens (including phenoxy) is 3. The zero-order valence-corrected chi connectivity index (χ0v) is 18.4. The molecule has 11 nitrogen and oxygen atoms in total. The Kier molecular flexibility index (Phi) is 5.69. The molecule has 0 amide bonds. The molecule has 5 rings (SSSR count). The van der Waals surface area contributed by atoms with Crippen molar-refractivity contribution in [1.29, 1.82) is 0 Å². The third-order valence-electron chi connectivity index (χ3n) is 5.25. The molecule has 1 fully saturated rings. The summed E-state index contributed by atoms with van der Waals surface area (Å²) in [4.78, 5) is 24.2. The molecule has 0 saturated carbocycles. The van der Waals surface area contributed by atoms with Gasteiger partial charge in [0, 0.05) is 13.1 Å². The van der Waals surface area contributed by atoms with Crippen LogP contribution in [0.15, 0.2) is 30.5 Å². The van der Waals surface area contributed by atoms with Gasteiger partial charge in [0.2, 0.25) is 5.88 Å². The maximum absolute atomic E-state index is 12.3. The molecule has 1 aliphatic heterocycles. The van der Waals surface area contributed by atoms with Crippen LogP contribution in [0.5, 0.6) is 5.88 Å². The molecule has 0 spiro atoms. The fraction of sp³-hybridized carbons (Fsp3) is 0.364. The summed E-state index contributed by atoms with van der Waals surface area (Å²) in [5.41, 5.74) is 2.89. The molecule has 1 aromatic carbocycles. The second-order valence-electron chi connectivity index (χ2n) is 7.28. The first-order chi connectivity index (χ1) is 16.2. The third kappa shape index (κ3) is 3.80. The number of hydrogen-bond donors (Lipinski definition) is 0. The number of fused-ring (bicyclic) bond motifs is 2. The van der Waals surface area contributed by atoms with E-state index in [9.17, 15) is 4.79 Å². The highest BCUT2D eigenvalue weighted by Crippen LogP contribution is 2.34. The highest BCUT2D eigenvalue weighted by Gasteiger charge is 2.27. The SMILES string of the molecule is CCOC(=O)c1cnn2c(OCC)c(-c3nc4ccccc4nc3N3CCOCC3)nnc12. The number of nitrogens with zero attached hydrogens (tertiary/aromatic N) is 7. The van der Waals surface area contributed by atoms with E-state index in [2.05, 4.69) is 20.2 Å². The van der Waals surface area contributed by atoms with Crippen molar-refractivity contribution in [3.63, 3.8) is 0 Å². The van der Waals surface area contributed by atoms with Gasteiger partial charge in [-0.15, -0.1) is 10.2 Å².